The number of amides is 1. The van der Waals surface area contributed by atoms with E-state index in [0.29, 0.717) is 16.5 Å². The fourth-order valence-electron chi connectivity index (χ4n) is 1.97. The van der Waals surface area contributed by atoms with Gasteiger partial charge >= 0.3 is 5.97 Å². The zero-order valence-corrected chi connectivity index (χ0v) is 13.9. The standard InChI is InChI=1S/C17H16ClNO5/c1-10-7-11(18)3-5-14(10)19-16(21)9-24-17(22)13-8-12(23-2)4-6-15(13)20/h3-8,20H,9H2,1-2H3,(H,19,21). The van der Waals surface area contributed by atoms with E-state index in [4.69, 9.17) is 21.1 Å². The van der Waals surface area contributed by atoms with Crippen molar-refractivity contribution in [3.63, 3.8) is 0 Å². The zero-order valence-electron chi connectivity index (χ0n) is 13.1. The maximum Gasteiger partial charge on any atom is 0.342 e. The van der Waals surface area contributed by atoms with Crippen molar-refractivity contribution < 1.29 is 24.2 Å². The fraction of sp³-hybridized carbons (Fsp3) is 0.176. The van der Waals surface area contributed by atoms with E-state index in [1.54, 1.807) is 25.1 Å². The third kappa shape index (κ3) is 4.39. The van der Waals surface area contributed by atoms with Gasteiger partial charge in [0.25, 0.3) is 5.91 Å². The second-order valence-electron chi connectivity index (χ2n) is 4.97. The molecule has 0 aliphatic heterocycles. The highest BCUT2D eigenvalue weighted by molar-refractivity contribution is 6.30. The molecule has 0 aliphatic rings. The molecule has 0 spiro atoms. The average molecular weight is 350 g/mol. The van der Waals surface area contributed by atoms with Crippen molar-refractivity contribution in [1.29, 1.82) is 0 Å². The maximum absolute atomic E-state index is 12.0. The number of anilines is 1. The van der Waals surface area contributed by atoms with Crippen LogP contribution in [0.2, 0.25) is 5.02 Å². The Labute approximate surface area is 144 Å². The number of phenols is 1. The van der Waals surface area contributed by atoms with Crippen LogP contribution >= 0.6 is 11.6 Å². The molecule has 0 unspecified atom stereocenters. The van der Waals surface area contributed by atoms with Crippen LogP contribution in [0.1, 0.15) is 15.9 Å². The van der Waals surface area contributed by atoms with Gasteiger partial charge in [-0.3, -0.25) is 4.79 Å². The van der Waals surface area contributed by atoms with Gasteiger partial charge in [0, 0.05) is 10.7 Å². The lowest BCUT2D eigenvalue weighted by atomic mass is 10.2. The Morgan fingerprint density at radius 1 is 1.21 bits per heavy atom. The van der Waals surface area contributed by atoms with Crippen LogP contribution in [0.4, 0.5) is 5.69 Å². The smallest absolute Gasteiger partial charge is 0.342 e. The van der Waals surface area contributed by atoms with Gasteiger partial charge in [-0.1, -0.05) is 11.6 Å². The first-order valence-electron chi connectivity index (χ1n) is 7.01. The van der Waals surface area contributed by atoms with Crippen molar-refractivity contribution in [2.24, 2.45) is 0 Å². The molecule has 0 aromatic heterocycles. The van der Waals surface area contributed by atoms with E-state index in [1.807, 2.05) is 0 Å². The lowest BCUT2D eigenvalue weighted by molar-refractivity contribution is -0.119. The van der Waals surface area contributed by atoms with Crippen LogP contribution in [0.15, 0.2) is 36.4 Å². The van der Waals surface area contributed by atoms with E-state index >= 15 is 0 Å². The monoisotopic (exact) mass is 349 g/mol. The molecule has 2 aromatic rings. The molecule has 2 aromatic carbocycles. The fourth-order valence-corrected chi connectivity index (χ4v) is 2.19. The van der Waals surface area contributed by atoms with Crippen LogP contribution in [0.5, 0.6) is 11.5 Å². The molecule has 7 heteroatoms. The number of benzene rings is 2. The molecular weight excluding hydrogens is 334 g/mol. The Balaban J connectivity index is 1.97. The van der Waals surface area contributed by atoms with Crippen LogP contribution in [0, 0.1) is 6.92 Å². The number of methoxy groups -OCH3 is 1. The number of carbonyl (C=O) groups is 2. The summed E-state index contributed by atoms with van der Waals surface area (Å²) in [4.78, 5) is 23.9. The third-order valence-corrected chi connectivity index (χ3v) is 3.46. The van der Waals surface area contributed by atoms with E-state index in [1.165, 1.54) is 25.3 Å². The molecule has 0 heterocycles. The molecule has 0 bridgehead atoms. The number of aromatic hydroxyl groups is 1. The quantitative estimate of drug-likeness (QED) is 0.810. The molecule has 0 saturated heterocycles. The number of hydrogen-bond donors (Lipinski definition) is 2. The van der Waals surface area contributed by atoms with Crippen molar-refractivity contribution in [1.82, 2.24) is 0 Å². The van der Waals surface area contributed by atoms with Crippen LogP contribution < -0.4 is 10.1 Å². The van der Waals surface area contributed by atoms with Gasteiger partial charge in [0.05, 0.1) is 7.11 Å². The summed E-state index contributed by atoms with van der Waals surface area (Å²) >= 11 is 5.85. The number of carbonyl (C=O) groups excluding carboxylic acids is 2. The first-order valence-corrected chi connectivity index (χ1v) is 7.38. The van der Waals surface area contributed by atoms with Crippen molar-refractivity contribution in [2.45, 2.75) is 6.92 Å². The highest BCUT2D eigenvalue weighted by Crippen LogP contribution is 2.23. The molecule has 0 atom stereocenters. The Morgan fingerprint density at radius 3 is 2.62 bits per heavy atom. The van der Waals surface area contributed by atoms with Gasteiger partial charge in [-0.2, -0.15) is 0 Å². The minimum absolute atomic E-state index is 0.0789. The minimum Gasteiger partial charge on any atom is -0.507 e. The number of hydrogen-bond acceptors (Lipinski definition) is 5. The molecule has 0 aliphatic carbocycles. The van der Waals surface area contributed by atoms with Gasteiger partial charge in [-0.05, 0) is 48.9 Å². The molecule has 24 heavy (non-hydrogen) atoms. The van der Waals surface area contributed by atoms with Gasteiger partial charge < -0.3 is 19.9 Å². The lowest BCUT2D eigenvalue weighted by Gasteiger charge is -2.10. The Bertz CT molecular complexity index is 776. The summed E-state index contributed by atoms with van der Waals surface area (Å²) < 4.78 is 9.89. The number of rotatable bonds is 5. The van der Waals surface area contributed by atoms with Crippen molar-refractivity contribution in [3.8, 4) is 11.5 Å². The van der Waals surface area contributed by atoms with E-state index in [2.05, 4.69) is 5.32 Å². The first kappa shape index (κ1) is 17.6. The van der Waals surface area contributed by atoms with E-state index in [0.717, 1.165) is 5.56 Å². The largest absolute Gasteiger partial charge is 0.507 e. The average Bonchev–Trinajstić information content (AvgIpc) is 2.55. The number of aryl methyl sites for hydroxylation is 1. The Morgan fingerprint density at radius 2 is 1.96 bits per heavy atom. The molecule has 126 valence electrons. The maximum atomic E-state index is 12.0. The normalized spacial score (nSPS) is 10.1. The molecule has 0 radical (unpaired) electrons. The van der Waals surface area contributed by atoms with Gasteiger partial charge in [-0.15, -0.1) is 0 Å². The summed E-state index contributed by atoms with van der Waals surface area (Å²) in [5.74, 6) is -1.19. The molecule has 6 nitrogen and oxygen atoms in total. The third-order valence-electron chi connectivity index (χ3n) is 3.22. The van der Waals surface area contributed by atoms with Crippen LogP contribution in [-0.2, 0) is 9.53 Å². The predicted octanol–water partition coefficient (Wildman–Crippen LogP) is 3.16. The topological polar surface area (TPSA) is 84.9 Å². The van der Waals surface area contributed by atoms with Gasteiger partial charge in [0.2, 0.25) is 0 Å². The summed E-state index contributed by atoms with van der Waals surface area (Å²) in [6.45, 7) is 1.30. The molecule has 1 amide bonds. The molecule has 0 fully saturated rings. The molecule has 2 rings (SSSR count). The summed E-state index contributed by atoms with van der Waals surface area (Å²) in [5, 5.41) is 12.9. The van der Waals surface area contributed by atoms with E-state index in [-0.39, 0.29) is 11.3 Å². The van der Waals surface area contributed by atoms with E-state index < -0.39 is 18.5 Å². The number of phenolic OH excluding ortho intramolecular Hbond substituents is 1. The van der Waals surface area contributed by atoms with Crippen molar-refractivity contribution >= 4 is 29.2 Å². The number of halogens is 1. The summed E-state index contributed by atoms with van der Waals surface area (Å²) in [5.41, 5.74) is 1.28. The Hall–Kier alpha value is -2.73. The number of ether oxygens (including phenoxy) is 2. The van der Waals surface area contributed by atoms with Gasteiger partial charge in [-0.25, -0.2) is 4.79 Å². The molecule has 2 N–H and O–H groups in total. The highest BCUT2D eigenvalue weighted by atomic mass is 35.5. The van der Waals surface area contributed by atoms with Crippen LogP contribution in [-0.4, -0.2) is 30.7 Å². The summed E-state index contributed by atoms with van der Waals surface area (Å²) in [6, 6.07) is 9.15. The summed E-state index contributed by atoms with van der Waals surface area (Å²) in [7, 11) is 1.43. The van der Waals surface area contributed by atoms with Gasteiger partial charge in [0.15, 0.2) is 6.61 Å². The number of esters is 1. The van der Waals surface area contributed by atoms with Crippen molar-refractivity contribution in [2.75, 3.05) is 19.0 Å². The predicted molar refractivity (Wildman–Crippen MR) is 89.8 cm³/mol. The molecule has 0 saturated carbocycles. The second kappa shape index (κ2) is 7.70. The van der Waals surface area contributed by atoms with Crippen LogP contribution in [0.25, 0.3) is 0 Å². The Kier molecular flexibility index (Phi) is 5.65. The SMILES string of the molecule is COc1ccc(O)c(C(=O)OCC(=O)Nc2ccc(Cl)cc2C)c1. The molecular formula is C17H16ClNO5. The summed E-state index contributed by atoms with van der Waals surface area (Å²) in [6.07, 6.45) is 0. The highest BCUT2D eigenvalue weighted by Gasteiger charge is 2.16. The number of nitrogens with one attached hydrogen (secondary N) is 1. The van der Waals surface area contributed by atoms with Gasteiger partial charge in [0.1, 0.15) is 17.1 Å². The minimum atomic E-state index is -0.825. The van der Waals surface area contributed by atoms with Crippen LogP contribution in [0.3, 0.4) is 0 Å². The first-order chi connectivity index (χ1) is 11.4. The lowest BCUT2D eigenvalue weighted by Crippen LogP contribution is -2.21. The zero-order chi connectivity index (χ0) is 17.7. The van der Waals surface area contributed by atoms with Crippen molar-refractivity contribution in [3.05, 3.63) is 52.5 Å². The second-order valence-corrected chi connectivity index (χ2v) is 5.40. The van der Waals surface area contributed by atoms with E-state index in [9.17, 15) is 14.7 Å².